The molecular weight excluding hydrogens is 326 g/mol. The van der Waals surface area contributed by atoms with E-state index in [0.717, 1.165) is 23.3 Å². The smallest absolute Gasteiger partial charge is 0.191 e. The first-order chi connectivity index (χ1) is 11.4. The lowest BCUT2D eigenvalue weighted by atomic mass is 10.3. The van der Waals surface area contributed by atoms with Crippen molar-refractivity contribution in [2.75, 3.05) is 25.6 Å². The van der Waals surface area contributed by atoms with Gasteiger partial charge in [0.15, 0.2) is 5.96 Å². The van der Waals surface area contributed by atoms with Gasteiger partial charge in [0.1, 0.15) is 15.7 Å². The summed E-state index contributed by atoms with van der Waals surface area (Å²) in [6.45, 7) is 2.62. The molecule has 0 aliphatic carbocycles. The number of nitrogens with one attached hydrogen (secondary N) is 3. The fourth-order valence-corrected chi connectivity index (χ4v) is 3.10. The molecule has 1 aromatic heterocycles. The van der Waals surface area contributed by atoms with Crippen LogP contribution in [0.1, 0.15) is 19.2 Å². The van der Waals surface area contributed by atoms with Crippen molar-refractivity contribution in [2.24, 2.45) is 4.99 Å². The van der Waals surface area contributed by atoms with Crippen LogP contribution >= 0.6 is 0 Å². The maximum atomic E-state index is 11.2. The van der Waals surface area contributed by atoms with Crippen molar-refractivity contribution in [2.45, 2.75) is 25.8 Å². The number of imidazole rings is 1. The van der Waals surface area contributed by atoms with Crippen LogP contribution in [0.4, 0.5) is 0 Å². The van der Waals surface area contributed by atoms with Gasteiger partial charge >= 0.3 is 0 Å². The summed E-state index contributed by atoms with van der Waals surface area (Å²) in [5.41, 5.74) is 1.99. The molecule has 3 N–H and O–H groups in total. The summed E-state index contributed by atoms with van der Waals surface area (Å²) >= 11 is 0. The molecule has 7 nitrogen and oxygen atoms in total. The van der Waals surface area contributed by atoms with Gasteiger partial charge in [-0.2, -0.15) is 0 Å². The van der Waals surface area contributed by atoms with Crippen LogP contribution in [-0.4, -0.2) is 56.0 Å². The molecule has 0 saturated heterocycles. The minimum atomic E-state index is -2.94. The Morgan fingerprint density at radius 3 is 2.79 bits per heavy atom. The molecule has 2 aromatic rings. The zero-order chi connectivity index (χ0) is 17.6. The quantitative estimate of drug-likeness (QED) is 0.512. The largest absolute Gasteiger partial charge is 0.356 e. The topological polar surface area (TPSA) is 99.2 Å². The number of H-pyrrole nitrogens is 1. The highest BCUT2D eigenvalue weighted by molar-refractivity contribution is 7.90. The molecule has 24 heavy (non-hydrogen) atoms. The predicted molar refractivity (Wildman–Crippen MR) is 98.1 cm³/mol. The molecule has 0 spiro atoms. The van der Waals surface area contributed by atoms with Gasteiger partial charge in [-0.3, -0.25) is 4.99 Å². The molecule has 1 atom stereocenters. The van der Waals surface area contributed by atoms with Gasteiger partial charge in [-0.05, 0) is 25.5 Å². The average Bonchev–Trinajstić information content (AvgIpc) is 2.94. The van der Waals surface area contributed by atoms with Crippen LogP contribution in [0.15, 0.2) is 29.3 Å². The summed E-state index contributed by atoms with van der Waals surface area (Å²) in [4.78, 5) is 12.0. The number of aliphatic imine (C=N–C) groups is 1. The lowest BCUT2D eigenvalue weighted by Gasteiger charge is -2.17. The number of sulfone groups is 1. The number of aromatic nitrogens is 2. The van der Waals surface area contributed by atoms with E-state index in [2.05, 4.69) is 25.6 Å². The summed E-state index contributed by atoms with van der Waals surface area (Å²) in [5.74, 6) is 1.74. The Labute approximate surface area is 142 Å². The summed E-state index contributed by atoms with van der Waals surface area (Å²) < 4.78 is 22.4. The normalized spacial score (nSPS) is 13.9. The Hall–Kier alpha value is -2.09. The van der Waals surface area contributed by atoms with E-state index in [4.69, 9.17) is 0 Å². The fraction of sp³-hybridized carbons (Fsp3) is 0.500. The van der Waals surface area contributed by atoms with E-state index in [1.165, 1.54) is 6.26 Å². The van der Waals surface area contributed by atoms with Gasteiger partial charge in [0, 0.05) is 32.3 Å². The van der Waals surface area contributed by atoms with Gasteiger partial charge in [-0.1, -0.05) is 12.1 Å². The monoisotopic (exact) mass is 351 g/mol. The summed E-state index contributed by atoms with van der Waals surface area (Å²) in [6.07, 6.45) is 2.54. The number of guanidine groups is 1. The maximum Gasteiger partial charge on any atom is 0.191 e. The molecule has 8 heteroatoms. The van der Waals surface area contributed by atoms with Crippen molar-refractivity contribution in [1.82, 2.24) is 20.6 Å². The van der Waals surface area contributed by atoms with Crippen LogP contribution in [0.2, 0.25) is 0 Å². The second kappa shape index (κ2) is 8.14. The predicted octanol–water partition coefficient (Wildman–Crippen LogP) is 1.09. The molecule has 132 valence electrons. The number of para-hydroxylation sites is 2. The molecule has 0 radical (unpaired) electrons. The summed E-state index contributed by atoms with van der Waals surface area (Å²) in [5, 5.41) is 6.42. The van der Waals surface area contributed by atoms with Gasteiger partial charge in [-0.15, -0.1) is 0 Å². The van der Waals surface area contributed by atoms with Crippen LogP contribution in [0.25, 0.3) is 11.0 Å². The maximum absolute atomic E-state index is 11.2. The van der Waals surface area contributed by atoms with E-state index in [1.807, 2.05) is 31.2 Å². The standard InChI is InChI=1S/C16H25N5O2S/c1-12(9-11-24(3,22)23)19-16(17-2)18-10-8-15-20-13-6-4-5-7-14(13)21-15/h4-7,12H,8-11H2,1-3H3,(H,20,21)(H2,17,18,19). The minimum Gasteiger partial charge on any atom is -0.356 e. The first-order valence-corrected chi connectivity index (χ1v) is 10.0. The number of hydrogen-bond donors (Lipinski definition) is 3. The third-order valence-corrected chi connectivity index (χ3v) is 4.60. The highest BCUT2D eigenvalue weighted by atomic mass is 32.2. The van der Waals surface area contributed by atoms with Crippen molar-refractivity contribution < 1.29 is 8.42 Å². The number of hydrogen-bond acceptors (Lipinski definition) is 4. The van der Waals surface area contributed by atoms with Crippen molar-refractivity contribution in [1.29, 1.82) is 0 Å². The van der Waals surface area contributed by atoms with Crippen molar-refractivity contribution >= 4 is 26.8 Å². The lowest BCUT2D eigenvalue weighted by Crippen LogP contribution is -2.43. The third kappa shape index (κ3) is 5.84. The van der Waals surface area contributed by atoms with Gasteiger partial charge in [0.05, 0.1) is 16.8 Å². The van der Waals surface area contributed by atoms with E-state index in [-0.39, 0.29) is 11.8 Å². The van der Waals surface area contributed by atoms with Crippen molar-refractivity contribution in [3.8, 4) is 0 Å². The molecule has 1 aromatic carbocycles. The Bertz CT molecular complexity index is 765. The second-order valence-corrected chi connectivity index (χ2v) is 8.17. The second-order valence-electron chi connectivity index (χ2n) is 5.91. The van der Waals surface area contributed by atoms with Crippen molar-refractivity contribution in [3.05, 3.63) is 30.1 Å². The zero-order valence-corrected chi connectivity index (χ0v) is 15.2. The van der Waals surface area contributed by atoms with E-state index < -0.39 is 9.84 Å². The molecule has 0 fully saturated rings. The molecule has 2 rings (SSSR count). The molecule has 1 unspecified atom stereocenters. The van der Waals surface area contributed by atoms with Gasteiger partial charge < -0.3 is 15.6 Å². The van der Waals surface area contributed by atoms with Crippen molar-refractivity contribution in [3.63, 3.8) is 0 Å². The van der Waals surface area contributed by atoms with Crippen LogP contribution in [0, 0.1) is 0 Å². The Morgan fingerprint density at radius 2 is 2.12 bits per heavy atom. The van der Waals surface area contributed by atoms with E-state index in [0.29, 0.717) is 18.9 Å². The SMILES string of the molecule is CN=C(NCCc1nc2ccccc2[nH]1)NC(C)CCS(C)(=O)=O. The van der Waals surface area contributed by atoms with E-state index in [9.17, 15) is 8.42 Å². The minimum absolute atomic E-state index is 0.0251. The lowest BCUT2D eigenvalue weighted by molar-refractivity contribution is 0.581. The zero-order valence-electron chi connectivity index (χ0n) is 14.3. The first-order valence-electron chi connectivity index (χ1n) is 7.96. The molecule has 1 heterocycles. The highest BCUT2D eigenvalue weighted by Gasteiger charge is 2.09. The molecular formula is C16H25N5O2S. The van der Waals surface area contributed by atoms with E-state index in [1.54, 1.807) is 7.05 Å². The fourth-order valence-electron chi connectivity index (χ4n) is 2.31. The summed E-state index contributed by atoms with van der Waals surface area (Å²) in [7, 11) is -1.25. The molecule has 0 aliphatic heterocycles. The van der Waals surface area contributed by atoms with E-state index >= 15 is 0 Å². The Kier molecular flexibility index (Phi) is 6.19. The van der Waals surface area contributed by atoms with Gasteiger partial charge in [-0.25, -0.2) is 13.4 Å². The highest BCUT2D eigenvalue weighted by Crippen LogP contribution is 2.10. The van der Waals surface area contributed by atoms with Gasteiger partial charge in [0.25, 0.3) is 0 Å². The number of rotatable bonds is 7. The van der Waals surface area contributed by atoms with Crippen LogP contribution < -0.4 is 10.6 Å². The molecule has 0 amide bonds. The first kappa shape index (κ1) is 18.3. The molecule has 0 saturated carbocycles. The number of fused-ring (bicyclic) bond motifs is 1. The number of nitrogens with zero attached hydrogens (tertiary/aromatic N) is 2. The Balaban J connectivity index is 1.79. The molecule has 0 bridgehead atoms. The van der Waals surface area contributed by atoms with Gasteiger partial charge in [0.2, 0.25) is 0 Å². The Morgan fingerprint density at radius 1 is 1.38 bits per heavy atom. The van der Waals surface area contributed by atoms with Crippen LogP contribution in [-0.2, 0) is 16.3 Å². The van der Waals surface area contributed by atoms with Crippen LogP contribution in [0.3, 0.4) is 0 Å². The van der Waals surface area contributed by atoms with Crippen LogP contribution in [0.5, 0.6) is 0 Å². The average molecular weight is 351 g/mol. The number of benzene rings is 1. The number of aromatic amines is 1. The third-order valence-electron chi connectivity index (χ3n) is 3.62. The molecule has 0 aliphatic rings. The summed E-state index contributed by atoms with van der Waals surface area (Å²) in [6, 6.07) is 7.95.